The topological polar surface area (TPSA) is 59.1 Å². The molecule has 0 aliphatic heterocycles. The van der Waals surface area contributed by atoms with Crippen LogP contribution in [0.4, 0.5) is 13.2 Å². The Morgan fingerprint density at radius 3 is 2.61 bits per heavy atom. The van der Waals surface area contributed by atoms with Crippen molar-refractivity contribution in [2.24, 2.45) is 5.73 Å². The van der Waals surface area contributed by atoms with Crippen molar-refractivity contribution in [1.29, 1.82) is 5.41 Å². The molecule has 0 unspecified atom stereocenters. The van der Waals surface area contributed by atoms with Crippen LogP contribution in [0.15, 0.2) is 18.2 Å². The Morgan fingerprint density at radius 2 is 2.06 bits per heavy atom. The molecule has 3 nitrogen and oxygen atoms in total. The van der Waals surface area contributed by atoms with Crippen LogP contribution < -0.4 is 10.5 Å². The lowest BCUT2D eigenvalue weighted by atomic mass is 10.1. The second kappa shape index (κ2) is 5.75. The molecule has 6 heteroatoms. The number of aryl methyl sites for hydroxylation is 1. The van der Waals surface area contributed by atoms with Gasteiger partial charge in [0.25, 0.3) is 0 Å². The van der Waals surface area contributed by atoms with E-state index in [0.717, 1.165) is 5.56 Å². The first kappa shape index (κ1) is 14.3. The van der Waals surface area contributed by atoms with Crippen LogP contribution in [0.5, 0.6) is 5.75 Å². The van der Waals surface area contributed by atoms with E-state index in [9.17, 15) is 13.2 Å². The van der Waals surface area contributed by atoms with Gasteiger partial charge in [0, 0.05) is 6.42 Å². The molecule has 0 aliphatic rings. The molecule has 1 aromatic rings. The molecule has 0 fully saturated rings. The van der Waals surface area contributed by atoms with Gasteiger partial charge in [0.05, 0.1) is 12.2 Å². The first-order valence-electron chi connectivity index (χ1n) is 5.45. The Kier molecular flexibility index (Phi) is 4.58. The van der Waals surface area contributed by atoms with Crippen molar-refractivity contribution >= 4 is 5.84 Å². The van der Waals surface area contributed by atoms with E-state index in [2.05, 4.69) is 0 Å². The molecular weight excluding hydrogens is 245 g/mol. The van der Waals surface area contributed by atoms with Gasteiger partial charge in [-0.1, -0.05) is 12.1 Å². The maximum Gasteiger partial charge on any atom is 0.389 e. The van der Waals surface area contributed by atoms with E-state index in [1.807, 2.05) is 0 Å². The summed E-state index contributed by atoms with van der Waals surface area (Å²) in [6, 6.07) is 5.08. The summed E-state index contributed by atoms with van der Waals surface area (Å²) < 4.78 is 41.2. The van der Waals surface area contributed by atoms with Crippen molar-refractivity contribution in [3.8, 4) is 5.75 Å². The van der Waals surface area contributed by atoms with Gasteiger partial charge in [0.1, 0.15) is 11.6 Å². The van der Waals surface area contributed by atoms with Crippen molar-refractivity contribution in [1.82, 2.24) is 0 Å². The standard InChI is InChI=1S/C12H15F3N2O/c1-8-4-2-5-9(11(16)17)10(8)18-7-3-6-12(13,14)15/h2,4-5H,3,6-7H2,1H3,(H3,16,17). The minimum Gasteiger partial charge on any atom is -0.493 e. The SMILES string of the molecule is Cc1cccc(C(=N)N)c1OCCCC(F)(F)F. The Bertz CT molecular complexity index is 430. The fourth-order valence-corrected chi connectivity index (χ4v) is 1.50. The molecule has 0 saturated carbocycles. The van der Waals surface area contributed by atoms with Crippen LogP contribution in [0.1, 0.15) is 24.0 Å². The molecule has 0 aromatic heterocycles. The molecule has 0 saturated heterocycles. The zero-order chi connectivity index (χ0) is 13.8. The van der Waals surface area contributed by atoms with Crippen LogP contribution in [0.2, 0.25) is 0 Å². The third-order valence-electron chi connectivity index (χ3n) is 2.35. The molecule has 1 aromatic carbocycles. The average Bonchev–Trinajstić information content (AvgIpc) is 2.24. The number of nitrogens with one attached hydrogen (secondary N) is 1. The zero-order valence-electron chi connectivity index (χ0n) is 9.97. The number of nitrogens with two attached hydrogens (primary N) is 1. The molecule has 0 radical (unpaired) electrons. The third kappa shape index (κ3) is 4.27. The molecule has 0 atom stereocenters. The van der Waals surface area contributed by atoms with Gasteiger partial charge < -0.3 is 10.5 Å². The van der Waals surface area contributed by atoms with E-state index in [4.69, 9.17) is 15.9 Å². The Hall–Kier alpha value is -1.72. The first-order valence-corrected chi connectivity index (χ1v) is 5.45. The minimum atomic E-state index is -4.17. The number of para-hydroxylation sites is 1. The Labute approximate surface area is 103 Å². The maximum absolute atomic E-state index is 12.0. The van der Waals surface area contributed by atoms with Gasteiger partial charge >= 0.3 is 6.18 Å². The highest BCUT2D eigenvalue weighted by atomic mass is 19.4. The summed E-state index contributed by atoms with van der Waals surface area (Å²) in [6.07, 6.45) is -5.16. The fourth-order valence-electron chi connectivity index (χ4n) is 1.50. The van der Waals surface area contributed by atoms with Gasteiger partial charge in [-0.25, -0.2) is 0 Å². The number of ether oxygens (including phenoxy) is 1. The molecule has 3 N–H and O–H groups in total. The van der Waals surface area contributed by atoms with Gasteiger partial charge in [0.15, 0.2) is 0 Å². The molecule has 1 rings (SSSR count). The molecule has 0 amide bonds. The second-order valence-electron chi connectivity index (χ2n) is 3.93. The summed E-state index contributed by atoms with van der Waals surface area (Å²) >= 11 is 0. The van der Waals surface area contributed by atoms with E-state index in [1.54, 1.807) is 25.1 Å². The third-order valence-corrected chi connectivity index (χ3v) is 2.35. The largest absolute Gasteiger partial charge is 0.493 e. The minimum absolute atomic E-state index is 0.0509. The maximum atomic E-state index is 12.0. The molecule has 0 aliphatic carbocycles. The number of nitrogen functional groups attached to an aromatic ring is 1. The Morgan fingerprint density at radius 1 is 1.39 bits per heavy atom. The molecule has 0 heterocycles. The van der Waals surface area contributed by atoms with Crippen LogP contribution in [0.3, 0.4) is 0 Å². The Balaban J connectivity index is 2.64. The van der Waals surface area contributed by atoms with Gasteiger partial charge in [-0.05, 0) is 25.0 Å². The van der Waals surface area contributed by atoms with Gasteiger partial charge in [-0.2, -0.15) is 13.2 Å². The summed E-state index contributed by atoms with van der Waals surface area (Å²) in [5.74, 6) is 0.219. The summed E-state index contributed by atoms with van der Waals surface area (Å²) in [5.41, 5.74) is 6.53. The lowest BCUT2D eigenvalue weighted by molar-refractivity contribution is -0.136. The summed E-state index contributed by atoms with van der Waals surface area (Å²) in [6.45, 7) is 1.70. The van der Waals surface area contributed by atoms with Gasteiger partial charge in [-0.15, -0.1) is 0 Å². The first-order chi connectivity index (χ1) is 8.31. The summed E-state index contributed by atoms with van der Waals surface area (Å²) in [7, 11) is 0. The monoisotopic (exact) mass is 260 g/mol. The van der Waals surface area contributed by atoms with Gasteiger partial charge in [-0.3, -0.25) is 5.41 Å². The van der Waals surface area contributed by atoms with Crippen LogP contribution in [0, 0.1) is 12.3 Å². The van der Waals surface area contributed by atoms with E-state index in [-0.39, 0.29) is 18.9 Å². The van der Waals surface area contributed by atoms with E-state index >= 15 is 0 Å². The number of amidine groups is 1. The second-order valence-corrected chi connectivity index (χ2v) is 3.93. The van der Waals surface area contributed by atoms with Crippen LogP contribution in [0.25, 0.3) is 0 Å². The predicted molar refractivity (Wildman–Crippen MR) is 63.0 cm³/mol. The van der Waals surface area contributed by atoms with E-state index < -0.39 is 12.6 Å². The molecule has 0 spiro atoms. The van der Waals surface area contributed by atoms with Crippen molar-refractivity contribution in [3.63, 3.8) is 0 Å². The van der Waals surface area contributed by atoms with Crippen LogP contribution in [-0.2, 0) is 0 Å². The molecular formula is C12H15F3N2O. The summed E-state index contributed by atoms with van der Waals surface area (Å²) in [5, 5.41) is 7.37. The highest BCUT2D eigenvalue weighted by Gasteiger charge is 2.26. The fraction of sp³-hybridized carbons (Fsp3) is 0.417. The molecule has 100 valence electrons. The smallest absolute Gasteiger partial charge is 0.389 e. The van der Waals surface area contributed by atoms with Crippen LogP contribution in [-0.4, -0.2) is 18.6 Å². The van der Waals surface area contributed by atoms with Gasteiger partial charge in [0.2, 0.25) is 0 Å². The quantitative estimate of drug-likeness (QED) is 0.485. The highest BCUT2D eigenvalue weighted by molar-refractivity contribution is 5.98. The van der Waals surface area contributed by atoms with Crippen molar-refractivity contribution in [2.45, 2.75) is 25.9 Å². The number of rotatable bonds is 5. The number of hydrogen-bond donors (Lipinski definition) is 2. The summed E-state index contributed by atoms with van der Waals surface area (Å²) in [4.78, 5) is 0. The lowest BCUT2D eigenvalue weighted by Crippen LogP contribution is -2.15. The average molecular weight is 260 g/mol. The highest BCUT2D eigenvalue weighted by Crippen LogP contribution is 2.25. The normalized spacial score (nSPS) is 11.3. The molecule has 18 heavy (non-hydrogen) atoms. The van der Waals surface area contributed by atoms with Crippen molar-refractivity contribution < 1.29 is 17.9 Å². The lowest BCUT2D eigenvalue weighted by Gasteiger charge is -2.13. The number of halogens is 3. The number of hydrogen-bond acceptors (Lipinski definition) is 2. The van der Waals surface area contributed by atoms with Crippen LogP contribution >= 0.6 is 0 Å². The molecule has 0 bridgehead atoms. The van der Waals surface area contributed by atoms with Crippen molar-refractivity contribution in [2.75, 3.05) is 6.61 Å². The van der Waals surface area contributed by atoms with E-state index in [1.165, 1.54) is 0 Å². The zero-order valence-corrected chi connectivity index (χ0v) is 9.97. The van der Waals surface area contributed by atoms with Crippen molar-refractivity contribution in [3.05, 3.63) is 29.3 Å². The van der Waals surface area contributed by atoms with E-state index in [0.29, 0.717) is 11.3 Å². The predicted octanol–water partition coefficient (Wildman–Crippen LogP) is 3.00. The number of benzene rings is 1. The number of alkyl halides is 3.